The quantitative estimate of drug-likeness (QED) is 0.570. The molecule has 1 aromatic carbocycles. The molecule has 0 spiro atoms. The molecule has 5 heteroatoms. The molecule has 0 heterocycles. The highest BCUT2D eigenvalue weighted by Crippen LogP contribution is 2.22. The van der Waals surface area contributed by atoms with E-state index in [0.717, 1.165) is 25.9 Å². The van der Waals surface area contributed by atoms with Crippen molar-refractivity contribution in [3.8, 4) is 0 Å². The molecule has 1 aromatic rings. The van der Waals surface area contributed by atoms with Gasteiger partial charge in [-0.2, -0.15) is 0 Å². The van der Waals surface area contributed by atoms with Crippen LogP contribution < -0.4 is 11.1 Å². The van der Waals surface area contributed by atoms with Crippen molar-refractivity contribution >= 4 is 23.2 Å². The number of para-hydroxylation sites is 1. The molecule has 0 radical (unpaired) electrons. The van der Waals surface area contributed by atoms with Crippen molar-refractivity contribution in [1.29, 1.82) is 0 Å². The molecule has 0 aliphatic rings. The van der Waals surface area contributed by atoms with E-state index in [0.29, 0.717) is 29.4 Å². The number of rotatable bonds is 8. The van der Waals surface area contributed by atoms with E-state index in [-0.39, 0.29) is 5.91 Å². The van der Waals surface area contributed by atoms with Crippen LogP contribution in [0.4, 0.5) is 5.69 Å². The van der Waals surface area contributed by atoms with Crippen molar-refractivity contribution in [3.05, 3.63) is 28.8 Å². The average molecular weight is 285 g/mol. The van der Waals surface area contributed by atoms with Gasteiger partial charge in [0.2, 0.25) is 0 Å². The van der Waals surface area contributed by atoms with Gasteiger partial charge in [0.1, 0.15) is 0 Å². The van der Waals surface area contributed by atoms with E-state index in [4.69, 9.17) is 22.1 Å². The Kier molecular flexibility index (Phi) is 7.30. The third-order valence-electron chi connectivity index (χ3n) is 2.69. The zero-order valence-electron chi connectivity index (χ0n) is 11.2. The van der Waals surface area contributed by atoms with Crippen molar-refractivity contribution in [3.63, 3.8) is 0 Å². The first-order valence-electron chi connectivity index (χ1n) is 6.56. The third-order valence-corrected chi connectivity index (χ3v) is 3.02. The van der Waals surface area contributed by atoms with E-state index in [2.05, 4.69) is 12.2 Å². The molecule has 0 unspecified atom stereocenters. The molecule has 0 aliphatic heterocycles. The van der Waals surface area contributed by atoms with Crippen LogP contribution in [0.2, 0.25) is 5.02 Å². The first-order chi connectivity index (χ1) is 9.16. The first kappa shape index (κ1) is 15.8. The molecule has 0 fully saturated rings. The minimum absolute atomic E-state index is 0.200. The number of nitrogen functional groups attached to an aromatic ring is 1. The van der Waals surface area contributed by atoms with Gasteiger partial charge < -0.3 is 15.8 Å². The topological polar surface area (TPSA) is 64.3 Å². The van der Waals surface area contributed by atoms with Crippen molar-refractivity contribution in [2.24, 2.45) is 0 Å². The fourth-order valence-electron chi connectivity index (χ4n) is 1.55. The number of nitrogens with one attached hydrogen (secondary N) is 1. The third kappa shape index (κ3) is 5.49. The van der Waals surface area contributed by atoms with Crippen LogP contribution in [0.5, 0.6) is 0 Å². The molecule has 0 aromatic heterocycles. The van der Waals surface area contributed by atoms with Gasteiger partial charge in [0.25, 0.3) is 5.91 Å². The van der Waals surface area contributed by atoms with Gasteiger partial charge in [-0.25, -0.2) is 0 Å². The summed E-state index contributed by atoms with van der Waals surface area (Å²) in [5, 5.41) is 3.20. The Hall–Kier alpha value is -1.26. The highest BCUT2D eigenvalue weighted by molar-refractivity contribution is 6.33. The zero-order chi connectivity index (χ0) is 14.1. The fourth-order valence-corrected chi connectivity index (χ4v) is 1.73. The zero-order valence-corrected chi connectivity index (χ0v) is 12.0. The van der Waals surface area contributed by atoms with Gasteiger partial charge in [-0.05, 0) is 25.0 Å². The Balaban J connectivity index is 2.26. The Morgan fingerprint density at radius 3 is 2.84 bits per heavy atom. The normalized spacial score (nSPS) is 10.4. The minimum atomic E-state index is -0.200. The van der Waals surface area contributed by atoms with Crippen LogP contribution in [0.15, 0.2) is 18.2 Å². The average Bonchev–Trinajstić information content (AvgIpc) is 2.40. The predicted molar refractivity (Wildman–Crippen MR) is 78.5 cm³/mol. The Labute approximate surface area is 119 Å². The van der Waals surface area contributed by atoms with E-state index in [1.807, 2.05) is 0 Å². The number of carbonyl (C=O) groups is 1. The molecule has 0 bridgehead atoms. The summed E-state index contributed by atoms with van der Waals surface area (Å²) < 4.78 is 5.41. The van der Waals surface area contributed by atoms with Gasteiger partial charge in [0.05, 0.1) is 16.3 Å². The van der Waals surface area contributed by atoms with Crippen LogP contribution >= 0.6 is 11.6 Å². The Morgan fingerprint density at radius 2 is 2.11 bits per heavy atom. The number of hydrogen-bond acceptors (Lipinski definition) is 3. The number of nitrogens with two attached hydrogens (primary N) is 1. The van der Waals surface area contributed by atoms with Crippen LogP contribution in [0.25, 0.3) is 0 Å². The lowest BCUT2D eigenvalue weighted by Crippen LogP contribution is -2.26. The van der Waals surface area contributed by atoms with E-state index in [1.165, 1.54) is 0 Å². The number of benzene rings is 1. The van der Waals surface area contributed by atoms with E-state index < -0.39 is 0 Å². The summed E-state index contributed by atoms with van der Waals surface area (Å²) in [6.45, 7) is 4.13. The predicted octanol–water partition coefficient (Wildman–Crippen LogP) is 2.86. The van der Waals surface area contributed by atoms with Gasteiger partial charge in [-0.1, -0.05) is 31.0 Å². The summed E-state index contributed by atoms with van der Waals surface area (Å²) in [6, 6.07) is 5.03. The second-order valence-electron chi connectivity index (χ2n) is 4.28. The van der Waals surface area contributed by atoms with Crippen LogP contribution in [-0.2, 0) is 4.74 Å². The Bertz CT molecular complexity index is 410. The van der Waals surface area contributed by atoms with E-state index in [9.17, 15) is 4.79 Å². The highest BCUT2D eigenvalue weighted by Gasteiger charge is 2.10. The molecule has 19 heavy (non-hydrogen) atoms. The molecule has 1 rings (SSSR count). The van der Waals surface area contributed by atoms with Crippen LogP contribution in [0.3, 0.4) is 0 Å². The first-order valence-corrected chi connectivity index (χ1v) is 6.94. The maximum atomic E-state index is 11.9. The van der Waals surface area contributed by atoms with Crippen LogP contribution in [0.1, 0.15) is 36.5 Å². The summed E-state index contributed by atoms with van der Waals surface area (Å²) in [5.41, 5.74) is 6.49. The van der Waals surface area contributed by atoms with E-state index in [1.54, 1.807) is 18.2 Å². The fraction of sp³-hybridized carbons (Fsp3) is 0.500. The molecular formula is C14H21ClN2O2. The molecule has 3 N–H and O–H groups in total. The second kappa shape index (κ2) is 8.77. The van der Waals surface area contributed by atoms with Crippen molar-refractivity contribution < 1.29 is 9.53 Å². The molecule has 1 amide bonds. The van der Waals surface area contributed by atoms with Crippen molar-refractivity contribution in [2.75, 3.05) is 25.5 Å². The molecule has 106 valence electrons. The SMILES string of the molecule is CCCCOCCCNC(=O)c1cccc(Cl)c1N. The summed E-state index contributed by atoms with van der Waals surface area (Å²) in [7, 11) is 0. The monoisotopic (exact) mass is 284 g/mol. The van der Waals surface area contributed by atoms with Crippen LogP contribution in [0, 0.1) is 0 Å². The molecular weight excluding hydrogens is 264 g/mol. The van der Waals surface area contributed by atoms with Gasteiger partial charge in [0, 0.05) is 19.8 Å². The highest BCUT2D eigenvalue weighted by atomic mass is 35.5. The Morgan fingerprint density at radius 1 is 1.37 bits per heavy atom. The van der Waals surface area contributed by atoms with Gasteiger partial charge >= 0.3 is 0 Å². The molecule has 0 saturated carbocycles. The van der Waals surface area contributed by atoms with Gasteiger partial charge in [-0.3, -0.25) is 4.79 Å². The summed E-state index contributed by atoms with van der Waals surface area (Å²) in [5.74, 6) is -0.200. The van der Waals surface area contributed by atoms with Crippen LogP contribution in [-0.4, -0.2) is 25.7 Å². The molecule has 0 aliphatic carbocycles. The van der Waals surface area contributed by atoms with Crippen molar-refractivity contribution in [1.82, 2.24) is 5.32 Å². The number of amides is 1. The largest absolute Gasteiger partial charge is 0.397 e. The summed E-state index contributed by atoms with van der Waals surface area (Å²) in [6.07, 6.45) is 2.99. The summed E-state index contributed by atoms with van der Waals surface area (Å²) >= 11 is 5.87. The van der Waals surface area contributed by atoms with E-state index >= 15 is 0 Å². The number of carbonyl (C=O) groups excluding carboxylic acids is 1. The lowest BCUT2D eigenvalue weighted by atomic mass is 10.1. The number of anilines is 1. The van der Waals surface area contributed by atoms with Crippen molar-refractivity contribution in [2.45, 2.75) is 26.2 Å². The molecule has 4 nitrogen and oxygen atoms in total. The second-order valence-corrected chi connectivity index (χ2v) is 4.68. The maximum absolute atomic E-state index is 11.9. The number of halogens is 1. The lowest BCUT2D eigenvalue weighted by molar-refractivity contribution is 0.0941. The smallest absolute Gasteiger partial charge is 0.253 e. The number of hydrogen-bond donors (Lipinski definition) is 2. The standard InChI is InChI=1S/C14H21ClN2O2/c1-2-3-9-19-10-5-8-17-14(18)11-6-4-7-12(15)13(11)16/h4,6-7H,2-3,5,8-10,16H2,1H3,(H,17,18). The number of unbranched alkanes of at least 4 members (excludes halogenated alkanes) is 1. The summed E-state index contributed by atoms with van der Waals surface area (Å²) in [4.78, 5) is 11.9. The minimum Gasteiger partial charge on any atom is -0.397 e. The van der Waals surface area contributed by atoms with Gasteiger partial charge in [-0.15, -0.1) is 0 Å². The maximum Gasteiger partial charge on any atom is 0.253 e. The van der Waals surface area contributed by atoms with Gasteiger partial charge in [0.15, 0.2) is 0 Å². The molecule has 0 atom stereocenters. The lowest BCUT2D eigenvalue weighted by Gasteiger charge is -2.08. The molecule has 0 saturated heterocycles. The number of ether oxygens (including phenoxy) is 1.